The summed E-state index contributed by atoms with van der Waals surface area (Å²) in [7, 11) is 2.14. The number of nitrogens with one attached hydrogen (secondary N) is 1. The Morgan fingerprint density at radius 2 is 1.93 bits per heavy atom. The number of non-ortho nitro benzene ring substituents is 1. The van der Waals surface area contributed by atoms with Crippen molar-refractivity contribution in [3.8, 4) is 11.6 Å². The minimum Gasteiger partial charge on any atom is -0.443 e. The largest absolute Gasteiger partial charge is 0.443 e. The molecule has 0 bridgehead atoms. The predicted octanol–water partition coefficient (Wildman–Crippen LogP) is 6.34. The Balaban J connectivity index is 1.41. The Bertz CT molecular complexity index is 1630. The normalized spacial score (nSPS) is 15.3. The number of likely N-dealkylation sites (N-methyl/N-ethyl adjacent to an activating group) is 1. The van der Waals surface area contributed by atoms with E-state index in [1.165, 1.54) is 12.1 Å². The number of nitro groups is 1. The summed E-state index contributed by atoms with van der Waals surface area (Å²) in [6, 6.07) is 16.2. The van der Waals surface area contributed by atoms with Crippen LogP contribution in [-0.4, -0.2) is 63.1 Å². The van der Waals surface area contributed by atoms with Crippen LogP contribution in [0, 0.1) is 15.5 Å². The van der Waals surface area contributed by atoms with Gasteiger partial charge in [0.05, 0.1) is 21.8 Å². The molecule has 1 fully saturated rings. The van der Waals surface area contributed by atoms with Gasteiger partial charge < -0.3 is 24.6 Å². The fourth-order valence-electron chi connectivity index (χ4n) is 5.16. The SMILES string of the molecule is CCCN1CC[C@@H](N(C)c2ccc(Nc3nc(Oc4cccc([N+](=O)[O-])c4)c4ccn(COC(=O)C(C)(C)C)c4n3)cc2)C1. The monoisotopic (exact) mass is 601 g/mol. The molecule has 232 valence electrons. The molecule has 1 atom stereocenters. The number of anilines is 3. The van der Waals surface area contributed by atoms with Crippen LogP contribution in [0.25, 0.3) is 11.0 Å². The van der Waals surface area contributed by atoms with Gasteiger partial charge in [-0.05, 0) is 76.6 Å². The van der Waals surface area contributed by atoms with Crippen molar-refractivity contribution in [2.24, 2.45) is 5.41 Å². The number of benzene rings is 2. The molecule has 12 heteroatoms. The number of likely N-dealkylation sites (tertiary alicyclic amines) is 1. The highest BCUT2D eigenvalue weighted by atomic mass is 16.6. The highest BCUT2D eigenvalue weighted by molar-refractivity contribution is 5.83. The first-order valence-corrected chi connectivity index (χ1v) is 14.8. The summed E-state index contributed by atoms with van der Waals surface area (Å²) in [6.07, 6.45) is 4.03. The molecular weight excluding hydrogens is 562 g/mol. The van der Waals surface area contributed by atoms with E-state index in [1.54, 1.807) is 49.7 Å². The molecule has 0 amide bonds. The zero-order valence-electron chi connectivity index (χ0n) is 25.8. The van der Waals surface area contributed by atoms with Gasteiger partial charge in [-0.25, -0.2) is 0 Å². The van der Waals surface area contributed by atoms with E-state index in [9.17, 15) is 14.9 Å². The molecule has 12 nitrogen and oxygen atoms in total. The number of ether oxygens (including phenoxy) is 2. The first kappa shape index (κ1) is 30.7. The Morgan fingerprint density at radius 1 is 1.16 bits per heavy atom. The maximum absolute atomic E-state index is 12.4. The number of hydrogen-bond donors (Lipinski definition) is 1. The summed E-state index contributed by atoms with van der Waals surface area (Å²) in [5, 5.41) is 15.1. The molecule has 0 spiro atoms. The average Bonchev–Trinajstić information content (AvgIpc) is 3.63. The molecule has 4 aromatic rings. The first-order chi connectivity index (χ1) is 21.0. The molecule has 44 heavy (non-hydrogen) atoms. The van der Waals surface area contributed by atoms with Crippen LogP contribution in [0.5, 0.6) is 11.6 Å². The lowest BCUT2D eigenvalue weighted by atomic mass is 9.98. The lowest BCUT2D eigenvalue weighted by Crippen LogP contribution is -2.34. The molecule has 1 aliphatic rings. The van der Waals surface area contributed by atoms with Gasteiger partial charge in [-0.2, -0.15) is 9.97 Å². The standard InChI is InChI=1S/C32H39N7O5/c1-6-16-37-17-14-25(20-37)36(5)23-12-10-22(11-13-23)33-31-34-28-27(15-18-38(28)21-43-30(40)32(2,3)4)29(35-31)44-26-9-7-8-24(19-26)39(41)42/h7-13,15,18-19,25H,6,14,16-17,20-21H2,1-5H3,(H,33,34,35)/t25-/m1/s1. The van der Waals surface area contributed by atoms with E-state index in [2.05, 4.69) is 46.2 Å². The van der Waals surface area contributed by atoms with Crippen LogP contribution in [0.4, 0.5) is 23.0 Å². The fraction of sp³-hybridized carbons (Fsp3) is 0.406. The van der Waals surface area contributed by atoms with Gasteiger partial charge in [-0.15, -0.1) is 0 Å². The number of hydrogen-bond acceptors (Lipinski definition) is 10. The van der Waals surface area contributed by atoms with E-state index >= 15 is 0 Å². The Hall–Kier alpha value is -4.71. The Kier molecular flexibility index (Phi) is 9.00. The van der Waals surface area contributed by atoms with Crippen LogP contribution >= 0.6 is 0 Å². The average molecular weight is 602 g/mol. The molecule has 0 saturated carbocycles. The maximum atomic E-state index is 12.4. The number of rotatable bonds is 11. The molecule has 1 saturated heterocycles. The first-order valence-electron chi connectivity index (χ1n) is 14.8. The molecule has 1 aliphatic heterocycles. The highest BCUT2D eigenvalue weighted by Gasteiger charge is 2.26. The van der Waals surface area contributed by atoms with Gasteiger partial charge in [0.15, 0.2) is 12.4 Å². The summed E-state index contributed by atoms with van der Waals surface area (Å²) < 4.78 is 13.3. The molecule has 2 aromatic heterocycles. The van der Waals surface area contributed by atoms with Gasteiger partial charge in [0, 0.05) is 49.8 Å². The number of carbonyl (C=O) groups excluding carboxylic acids is 1. The van der Waals surface area contributed by atoms with Crippen molar-refractivity contribution in [3.63, 3.8) is 0 Å². The lowest BCUT2D eigenvalue weighted by molar-refractivity contribution is -0.384. The molecule has 1 N–H and O–H groups in total. The van der Waals surface area contributed by atoms with Crippen LogP contribution < -0.4 is 15.0 Å². The molecule has 0 radical (unpaired) electrons. The zero-order chi connectivity index (χ0) is 31.4. The second-order valence-corrected chi connectivity index (χ2v) is 12.1. The van der Waals surface area contributed by atoms with Gasteiger partial charge in [0.25, 0.3) is 5.69 Å². The molecule has 0 aliphatic carbocycles. The van der Waals surface area contributed by atoms with Crippen LogP contribution in [0.2, 0.25) is 0 Å². The lowest BCUT2D eigenvalue weighted by Gasteiger charge is -2.27. The maximum Gasteiger partial charge on any atom is 0.312 e. The predicted molar refractivity (Wildman–Crippen MR) is 170 cm³/mol. The Labute approximate surface area is 256 Å². The third-order valence-corrected chi connectivity index (χ3v) is 7.64. The second-order valence-electron chi connectivity index (χ2n) is 12.1. The van der Waals surface area contributed by atoms with Gasteiger partial charge in [-0.3, -0.25) is 19.5 Å². The summed E-state index contributed by atoms with van der Waals surface area (Å²) in [6.45, 7) is 10.8. The third kappa shape index (κ3) is 7.08. The zero-order valence-corrected chi connectivity index (χ0v) is 25.8. The summed E-state index contributed by atoms with van der Waals surface area (Å²) in [5.41, 5.74) is 1.62. The van der Waals surface area contributed by atoms with E-state index < -0.39 is 10.3 Å². The number of aromatic nitrogens is 3. The highest BCUT2D eigenvalue weighted by Crippen LogP contribution is 2.32. The summed E-state index contributed by atoms with van der Waals surface area (Å²) in [5.74, 6) is 0.370. The van der Waals surface area contributed by atoms with Crippen molar-refractivity contribution < 1.29 is 19.2 Å². The van der Waals surface area contributed by atoms with Crippen LogP contribution in [-0.2, 0) is 16.3 Å². The number of esters is 1. The molecule has 5 rings (SSSR count). The van der Waals surface area contributed by atoms with Crippen molar-refractivity contribution in [2.75, 3.05) is 36.9 Å². The van der Waals surface area contributed by atoms with Gasteiger partial charge in [-0.1, -0.05) is 13.0 Å². The minimum atomic E-state index is -0.659. The summed E-state index contributed by atoms with van der Waals surface area (Å²) >= 11 is 0. The van der Waals surface area contributed by atoms with E-state index in [0.717, 1.165) is 43.9 Å². The second kappa shape index (κ2) is 12.9. The topological polar surface area (TPSA) is 128 Å². The van der Waals surface area contributed by atoms with Crippen molar-refractivity contribution in [1.82, 2.24) is 19.4 Å². The summed E-state index contributed by atoms with van der Waals surface area (Å²) in [4.78, 5) is 37.4. The van der Waals surface area contributed by atoms with Crippen LogP contribution in [0.15, 0.2) is 60.8 Å². The van der Waals surface area contributed by atoms with Crippen molar-refractivity contribution in [2.45, 2.75) is 53.3 Å². The molecule has 3 heterocycles. The van der Waals surface area contributed by atoms with E-state index in [0.29, 0.717) is 17.1 Å². The molecule has 2 aromatic carbocycles. The number of carbonyl (C=O) groups is 1. The number of nitro benzene ring substituents is 1. The third-order valence-electron chi connectivity index (χ3n) is 7.64. The number of fused-ring (bicyclic) bond motifs is 1. The smallest absolute Gasteiger partial charge is 0.312 e. The van der Waals surface area contributed by atoms with Gasteiger partial charge in [0.1, 0.15) is 5.75 Å². The van der Waals surface area contributed by atoms with Crippen molar-refractivity contribution >= 4 is 40.0 Å². The van der Waals surface area contributed by atoms with Crippen LogP contribution in [0.1, 0.15) is 40.5 Å². The van der Waals surface area contributed by atoms with Crippen molar-refractivity contribution in [3.05, 3.63) is 70.9 Å². The molecule has 0 unspecified atom stereocenters. The molecular formula is C32H39N7O5. The quantitative estimate of drug-likeness (QED) is 0.118. The van der Waals surface area contributed by atoms with Gasteiger partial charge >= 0.3 is 5.97 Å². The van der Waals surface area contributed by atoms with Crippen molar-refractivity contribution in [1.29, 1.82) is 0 Å². The van der Waals surface area contributed by atoms with E-state index in [-0.39, 0.29) is 36.0 Å². The van der Waals surface area contributed by atoms with E-state index in [1.807, 2.05) is 12.1 Å². The Morgan fingerprint density at radius 3 is 2.64 bits per heavy atom. The fourth-order valence-corrected chi connectivity index (χ4v) is 5.16. The van der Waals surface area contributed by atoms with Gasteiger partial charge in [0.2, 0.25) is 11.8 Å². The van der Waals surface area contributed by atoms with E-state index in [4.69, 9.17) is 14.5 Å². The van der Waals surface area contributed by atoms with Crippen LogP contribution in [0.3, 0.4) is 0 Å². The minimum absolute atomic E-state index is 0.0514. The number of nitrogens with zero attached hydrogens (tertiary/aromatic N) is 6.